The fraction of sp³-hybridized carbons (Fsp3) is 0. The lowest BCUT2D eigenvalue weighted by molar-refractivity contribution is -0.385. The molecule has 0 saturated carbocycles. The van der Waals surface area contributed by atoms with E-state index in [0.29, 0.717) is 16.1 Å². The number of rotatable bonds is 2. The van der Waals surface area contributed by atoms with Gasteiger partial charge in [0, 0.05) is 22.3 Å². The zero-order chi connectivity index (χ0) is 14.2. The summed E-state index contributed by atoms with van der Waals surface area (Å²) in [5, 5.41) is 11.5. The predicted molar refractivity (Wildman–Crippen MR) is 76.4 cm³/mol. The number of nitrogens with zero attached hydrogens (tertiary/aromatic N) is 2. The van der Waals surface area contributed by atoms with Crippen molar-refractivity contribution in [3.8, 4) is 11.1 Å². The maximum absolute atomic E-state index is 10.8. The van der Waals surface area contributed by atoms with Crippen molar-refractivity contribution in [2.75, 3.05) is 0 Å². The summed E-state index contributed by atoms with van der Waals surface area (Å²) in [5.74, 6) is 0. The van der Waals surface area contributed by atoms with Crippen LogP contribution in [-0.4, -0.2) is 9.91 Å². The molecule has 1 aromatic heterocycles. The molecule has 1 aromatic carbocycles. The summed E-state index contributed by atoms with van der Waals surface area (Å²) in [6.07, 6.45) is 2.43. The zero-order valence-electron chi connectivity index (χ0n) is 9.03. The summed E-state index contributed by atoms with van der Waals surface area (Å²) in [6.45, 7) is 0. The van der Waals surface area contributed by atoms with Gasteiger partial charge in [-0.3, -0.25) is 15.1 Å². The summed E-state index contributed by atoms with van der Waals surface area (Å²) in [4.78, 5) is 14.0. The Labute approximate surface area is 128 Å². The second kappa shape index (κ2) is 5.51. The van der Waals surface area contributed by atoms with Gasteiger partial charge in [-0.2, -0.15) is 0 Å². The maximum Gasteiger partial charge on any atom is 0.306 e. The van der Waals surface area contributed by atoms with Gasteiger partial charge in [-0.05, 0) is 12.1 Å². The van der Waals surface area contributed by atoms with Gasteiger partial charge < -0.3 is 0 Å². The molecule has 0 atom stereocenters. The van der Waals surface area contributed by atoms with E-state index in [0.717, 1.165) is 6.20 Å². The molecule has 1 heterocycles. The van der Waals surface area contributed by atoms with Crippen LogP contribution in [0.3, 0.4) is 0 Å². The van der Waals surface area contributed by atoms with Gasteiger partial charge in [0.2, 0.25) is 0 Å². The molecule has 2 aromatic rings. The van der Waals surface area contributed by atoms with E-state index in [1.165, 1.54) is 18.3 Å². The number of nitro groups is 1. The Kier molecular flexibility index (Phi) is 4.16. The van der Waals surface area contributed by atoms with E-state index < -0.39 is 4.92 Å². The Hall–Kier alpha value is -1.07. The van der Waals surface area contributed by atoms with Crippen molar-refractivity contribution >= 4 is 52.1 Å². The van der Waals surface area contributed by atoms with E-state index in [-0.39, 0.29) is 20.8 Å². The van der Waals surface area contributed by atoms with Crippen LogP contribution >= 0.6 is 46.4 Å². The first-order valence-corrected chi connectivity index (χ1v) is 6.35. The maximum atomic E-state index is 10.8. The third-order valence-corrected chi connectivity index (χ3v) is 3.76. The van der Waals surface area contributed by atoms with Crippen LogP contribution in [0.25, 0.3) is 11.1 Å². The highest BCUT2D eigenvalue weighted by molar-refractivity contribution is 6.45. The molecule has 0 spiro atoms. The molecule has 2 rings (SSSR count). The molecular formula is C11H4Cl4N2O2. The summed E-state index contributed by atoms with van der Waals surface area (Å²) in [5.41, 5.74) is 0.372. The Morgan fingerprint density at radius 2 is 1.68 bits per heavy atom. The summed E-state index contributed by atoms with van der Waals surface area (Å²) >= 11 is 23.8. The topological polar surface area (TPSA) is 56.0 Å². The second-order valence-corrected chi connectivity index (χ2v) is 5.13. The minimum absolute atomic E-state index is 0.0692. The smallest absolute Gasteiger partial charge is 0.258 e. The first-order valence-electron chi connectivity index (χ1n) is 4.84. The predicted octanol–water partition coefficient (Wildman–Crippen LogP) is 5.27. The molecule has 98 valence electrons. The van der Waals surface area contributed by atoms with Crippen molar-refractivity contribution in [2.24, 2.45) is 0 Å². The first kappa shape index (κ1) is 14.3. The molecule has 8 heteroatoms. The second-order valence-electron chi connectivity index (χ2n) is 3.53. The lowest BCUT2D eigenvalue weighted by atomic mass is 10.1. The highest BCUT2D eigenvalue weighted by atomic mass is 35.5. The molecule has 0 fully saturated rings. The summed E-state index contributed by atoms with van der Waals surface area (Å²) in [6, 6.07) is 2.98. The molecule has 19 heavy (non-hydrogen) atoms. The van der Waals surface area contributed by atoms with Gasteiger partial charge in [-0.1, -0.05) is 46.4 Å². The fourth-order valence-corrected chi connectivity index (χ4v) is 2.47. The van der Waals surface area contributed by atoms with Crippen LogP contribution in [0, 0.1) is 10.1 Å². The lowest BCUT2D eigenvalue weighted by Crippen LogP contribution is -1.93. The summed E-state index contributed by atoms with van der Waals surface area (Å²) < 4.78 is 0. The van der Waals surface area contributed by atoms with Gasteiger partial charge in [0.15, 0.2) is 0 Å². The van der Waals surface area contributed by atoms with Gasteiger partial charge >= 0.3 is 5.69 Å². The minimum Gasteiger partial charge on any atom is -0.258 e. The average Bonchev–Trinajstić information content (AvgIpc) is 2.34. The Bertz CT molecular complexity index is 676. The standard InChI is InChI=1S/C11H4Cl4N2O2/c12-5-1-6(10(14)8(13)2-5)7-3-16-4-9(11(7)15)17(18)19/h1-4H. The molecule has 0 amide bonds. The van der Waals surface area contributed by atoms with Crippen molar-refractivity contribution in [3.05, 3.63) is 54.7 Å². The van der Waals surface area contributed by atoms with E-state index in [4.69, 9.17) is 46.4 Å². The monoisotopic (exact) mass is 336 g/mol. The Morgan fingerprint density at radius 1 is 1.00 bits per heavy atom. The van der Waals surface area contributed by atoms with Crippen LogP contribution in [-0.2, 0) is 0 Å². The fourth-order valence-electron chi connectivity index (χ4n) is 1.50. The SMILES string of the molecule is O=[N+]([O-])c1cncc(-c2cc(Cl)cc(Cl)c2Cl)c1Cl. The summed E-state index contributed by atoms with van der Waals surface area (Å²) in [7, 11) is 0. The number of aromatic nitrogens is 1. The van der Waals surface area contributed by atoms with Gasteiger partial charge in [0.25, 0.3) is 0 Å². The lowest BCUT2D eigenvalue weighted by Gasteiger charge is -2.08. The number of hydrogen-bond acceptors (Lipinski definition) is 3. The van der Waals surface area contributed by atoms with Gasteiger partial charge in [0.1, 0.15) is 11.2 Å². The van der Waals surface area contributed by atoms with Crippen molar-refractivity contribution in [3.63, 3.8) is 0 Å². The van der Waals surface area contributed by atoms with E-state index >= 15 is 0 Å². The number of benzene rings is 1. The van der Waals surface area contributed by atoms with Crippen LogP contribution in [0.2, 0.25) is 20.1 Å². The number of hydrogen-bond donors (Lipinski definition) is 0. The van der Waals surface area contributed by atoms with Crippen LogP contribution in [0.4, 0.5) is 5.69 Å². The number of halogens is 4. The molecule has 0 aliphatic heterocycles. The molecule has 0 aliphatic rings. The largest absolute Gasteiger partial charge is 0.306 e. The Balaban J connectivity index is 2.73. The van der Waals surface area contributed by atoms with Gasteiger partial charge in [0.05, 0.1) is 15.0 Å². The first-order chi connectivity index (χ1) is 8.91. The molecule has 0 unspecified atom stereocenters. The zero-order valence-corrected chi connectivity index (χ0v) is 12.1. The van der Waals surface area contributed by atoms with Crippen LogP contribution in [0.1, 0.15) is 0 Å². The molecule has 0 aliphatic carbocycles. The minimum atomic E-state index is -0.626. The molecule has 4 nitrogen and oxygen atoms in total. The van der Waals surface area contributed by atoms with Gasteiger partial charge in [-0.15, -0.1) is 0 Å². The molecule has 0 bridgehead atoms. The highest BCUT2D eigenvalue weighted by Gasteiger charge is 2.20. The molecule has 0 radical (unpaired) electrons. The van der Waals surface area contributed by atoms with E-state index in [1.807, 2.05) is 0 Å². The Morgan fingerprint density at radius 3 is 2.32 bits per heavy atom. The molecule has 0 N–H and O–H groups in total. The van der Waals surface area contributed by atoms with E-state index in [2.05, 4.69) is 4.98 Å². The van der Waals surface area contributed by atoms with Crippen molar-refractivity contribution in [1.82, 2.24) is 4.98 Å². The third-order valence-electron chi connectivity index (χ3n) is 2.34. The molecule has 0 saturated heterocycles. The van der Waals surface area contributed by atoms with Crippen molar-refractivity contribution in [2.45, 2.75) is 0 Å². The number of pyridine rings is 1. The molecular weight excluding hydrogens is 334 g/mol. The normalized spacial score (nSPS) is 10.5. The van der Waals surface area contributed by atoms with Crippen LogP contribution in [0.5, 0.6) is 0 Å². The van der Waals surface area contributed by atoms with Crippen LogP contribution in [0.15, 0.2) is 24.5 Å². The quantitative estimate of drug-likeness (QED) is 0.426. The average molecular weight is 338 g/mol. The van der Waals surface area contributed by atoms with Gasteiger partial charge in [-0.25, -0.2) is 0 Å². The van der Waals surface area contributed by atoms with E-state index in [1.54, 1.807) is 0 Å². The van der Waals surface area contributed by atoms with E-state index in [9.17, 15) is 10.1 Å². The van der Waals surface area contributed by atoms with Crippen molar-refractivity contribution in [1.29, 1.82) is 0 Å². The third kappa shape index (κ3) is 2.77. The van der Waals surface area contributed by atoms with Crippen molar-refractivity contribution < 1.29 is 4.92 Å². The van der Waals surface area contributed by atoms with Crippen LogP contribution < -0.4 is 0 Å². The highest BCUT2D eigenvalue weighted by Crippen LogP contribution is 2.41.